The normalized spacial score (nSPS) is 26.4. The van der Waals surface area contributed by atoms with Gasteiger partial charge in [-0.25, -0.2) is 9.97 Å². The number of aromatic nitrogens is 2. The first-order chi connectivity index (χ1) is 9.20. The van der Waals surface area contributed by atoms with Crippen molar-refractivity contribution in [2.45, 2.75) is 38.5 Å². The van der Waals surface area contributed by atoms with Gasteiger partial charge in [0.25, 0.3) is 0 Å². The van der Waals surface area contributed by atoms with Crippen molar-refractivity contribution in [3.8, 4) is 0 Å². The zero-order valence-corrected chi connectivity index (χ0v) is 11.9. The van der Waals surface area contributed by atoms with E-state index in [4.69, 9.17) is 10.5 Å². The van der Waals surface area contributed by atoms with Gasteiger partial charge in [-0.05, 0) is 31.2 Å². The summed E-state index contributed by atoms with van der Waals surface area (Å²) < 4.78 is 6.76. The van der Waals surface area contributed by atoms with E-state index in [1.54, 1.807) is 17.7 Å². The van der Waals surface area contributed by atoms with Crippen LogP contribution in [0.3, 0.4) is 0 Å². The van der Waals surface area contributed by atoms with E-state index in [-0.39, 0.29) is 18.2 Å². The summed E-state index contributed by atoms with van der Waals surface area (Å²) in [7, 11) is 0. The highest BCUT2D eigenvalue weighted by atomic mass is 32.1. The summed E-state index contributed by atoms with van der Waals surface area (Å²) in [6.07, 6.45) is 2.69. The number of thiophene rings is 1. The minimum Gasteiger partial charge on any atom is -0.376 e. The fourth-order valence-corrected chi connectivity index (χ4v) is 3.41. The summed E-state index contributed by atoms with van der Waals surface area (Å²) in [5, 5.41) is 5.53. The van der Waals surface area contributed by atoms with Gasteiger partial charge in [-0.2, -0.15) is 0 Å². The van der Waals surface area contributed by atoms with Crippen LogP contribution in [-0.2, 0) is 4.74 Å². The van der Waals surface area contributed by atoms with E-state index in [1.165, 1.54) is 5.56 Å². The third-order valence-electron chi connectivity index (χ3n) is 3.58. The van der Waals surface area contributed by atoms with Crippen molar-refractivity contribution in [2.24, 2.45) is 5.73 Å². The zero-order valence-electron chi connectivity index (χ0n) is 11.1. The Morgan fingerprint density at radius 3 is 3.11 bits per heavy atom. The number of fused-ring (bicyclic) bond motifs is 1. The Kier molecular flexibility index (Phi) is 3.38. The number of aryl methyl sites for hydroxylation is 1. The highest BCUT2D eigenvalue weighted by Gasteiger charge is 2.39. The lowest BCUT2D eigenvalue weighted by molar-refractivity contribution is -0.0126. The predicted octanol–water partition coefficient (Wildman–Crippen LogP) is 1.92. The van der Waals surface area contributed by atoms with Gasteiger partial charge in [0.05, 0.1) is 22.4 Å². The summed E-state index contributed by atoms with van der Waals surface area (Å²) in [5.74, 6) is 0.868. The minimum atomic E-state index is 0.127. The van der Waals surface area contributed by atoms with E-state index in [9.17, 15) is 0 Å². The van der Waals surface area contributed by atoms with Crippen molar-refractivity contribution in [3.05, 3.63) is 17.3 Å². The molecule has 5 nitrogen and oxygen atoms in total. The van der Waals surface area contributed by atoms with Crippen LogP contribution in [0.2, 0.25) is 0 Å². The van der Waals surface area contributed by atoms with Gasteiger partial charge in [-0.15, -0.1) is 11.3 Å². The van der Waals surface area contributed by atoms with Crippen LogP contribution in [0, 0.1) is 6.92 Å². The summed E-state index contributed by atoms with van der Waals surface area (Å²) in [6.45, 7) is 4.78. The van der Waals surface area contributed by atoms with Crippen molar-refractivity contribution in [2.75, 3.05) is 11.9 Å². The molecule has 2 heterocycles. The molecular formula is C13H18N4OS. The van der Waals surface area contributed by atoms with Gasteiger partial charge in [0.1, 0.15) is 12.1 Å². The molecule has 19 heavy (non-hydrogen) atoms. The van der Waals surface area contributed by atoms with Crippen molar-refractivity contribution >= 4 is 27.4 Å². The maximum atomic E-state index is 6.06. The summed E-state index contributed by atoms with van der Waals surface area (Å²) in [4.78, 5) is 8.67. The molecule has 1 saturated carbocycles. The second kappa shape index (κ2) is 5.03. The zero-order chi connectivity index (χ0) is 13.4. The topological polar surface area (TPSA) is 73.1 Å². The molecule has 0 amide bonds. The van der Waals surface area contributed by atoms with E-state index in [0.29, 0.717) is 6.61 Å². The average Bonchev–Trinajstić information content (AvgIpc) is 2.79. The number of anilines is 1. The van der Waals surface area contributed by atoms with Gasteiger partial charge >= 0.3 is 0 Å². The highest BCUT2D eigenvalue weighted by molar-refractivity contribution is 7.18. The van der Waals surface area contributed by atoms with E-state index in [2.05, 4.69) is 27.6 Å². The van der Waals surface area contributed by atoms with Crippen LogP contribution in [0.15, 0.2) is 11.7 Å². The SMILES string of the molecule is CCOC1CC(N)C1Nc1ncnc2c(C)csc12. The molecule has 3 N–H and O–H groups in total. The fourth-order valence-electron chi connectivity index (χ4n) is 2.46. The van der Waals surface area contributed by atoms with E-state index < -0.39 is 0 Å². The molecule has 0 aromatic carbocycles. The molecule has 0 saturated heterocycles. The number of hydrogen-bond acceptors (Lipinski definition) is 6. The van der Waals surface area contributed by atoms with Crippen LogP contribution in [0.4, 0.5) is 5.82 Å². The minimum absolute atomic E-state index is 0.127. The quantitative estimate of drug-likeness (QED) is 0.894. The standard InChI is InChI=1S/C13H18N4OS/c1-3-18-9-4-8(14)11(9)17-13-12-10(15-6-16-13)7(2)5-19-12/h5-6,8-9,11H,3-4,14H2,1-2H3,(H,15,16,17). The van der Waals surface area contributed by atoms with E-state index >= 15 is 0 Å². The van der Waals surface area contributed by atoms with Gasteiger partial charge in [-0.3, -0.25) is 0 Å². The Morgan fingerprint density at radius 1 is 1.53 bits per heavy atom. The maximum Gasteiger partial charge on any atom is 0.147 e. The van der Waals surface area contributed by atoms with Crippen molar-refractivity contribution in [3.63, 3.8) is 0 Å². The molecule has 2 aromatic rings. The van der Waals surface area contributed by atoms with Gasteiger partial charge in [-0.1, -0.05) is 0 Å². The highest BCUT2D eigenvalue weighted by Crippen LogP contribution is 2.32. The summed E-state index contributed by atoms with van der Waals surface area (Å²) >= 11 is 1.66. The maximum absolute atomic E-state index is 6.06. The first-order valence-electron chi connectivity index (χ1n) is 6.53. The van der Waals surface area contributed by atoms with Gasteiger partial charge in [0.2, 0.25) is 0 Å². The predicted molar refractivity (Wildman–Crippen MR) is 77.6 cm³/mol. The number of rotatable bonds is 4. The lowest BCUT2D eigenvalue weighted by Crippen LogP contribution is -2.60. The molecule has 1 aliphatic rings. The Bertz CT molecular complexity index is 583. The summed E-state index contributed by atoms with van der Waals surface area (Å²) in [5.41, 5.74) is 8.26. The Hall–Kier alpha value is -1.24. The van der Waals surface area contributed by atoms with Gasteiger partial charge in [0.15, 0.2) is 0 Å². The summed E-state index contributed by atoms with van der Waals surface area (Å²) in [6, 6.07) is 0.267. The number of nitrogens with one attached hydrogen (secondary N) is 1. The van der Waals surface area contributed by atoms with Crippen molar-refractivity contribution in [1.82, 2.24) is 9.97 Å². The monoisotopic (exact) mass is 278 g/mol. The second-order valence-electron chi connectivity index (χ2n) is 4.88. The van der Waals surface area contributed by atoms with Crippen LogP contribution in [0.5, 0.6) is 0 Å². The van der Waals surface area contributed by atoms with Gasteiger partial charge < -0.3 is 15.8 Å². The van der Waals surface area contributed by atoms with Crippen molar-refractivity contribution < 1.29 is 4.74 Å². The third-order valence-corrected chi connectivity index (χ3v) is 4.68. The van der Waals surface area contributed by atoms with Crippen LogP contribution in [0.1, 0.15) is 18.9 Å². The molecule has 0 aliphatic heterocycles. The first kappa shape index (κ1) is 12.8. The van der Waals surface area contributed by atoms with Crippen LogP contribution >= 0.6 is 11.3 Å². The Morgan fingerprint density at radius 2 is 2.37 bits per heavy atom. The number of nitrogens with two attached hydrogens (primary N) is 1. The average molecular weight is 278 g/mol. The fraction of sp³-hybridized carbons (Fsp3) is 0.538. The van der Waals surface area contributed by atoms with Crippen LogP contribution < -0.4 is 11.1 Å². The van der Waals surface area contributed by atoms with Gasteiger partial charge in [0, 0.05) is 12.6 Å². The number of nitrogens with zero attached hydrogens (tertiary/aromatic N) is 2. The van der Waals surface area contributed by atoms with Crippen LogP contribution in [0.25, 0.3) is 10.2 Å². The van der Waals surface area contributed by atoms with Crippen LogP contribution in [-0.4, -0.2) is 34.8 Å². The molecule has 3 rings (SSSR count). The molecule has 3 atom stereocenters. The molecule has 0 radical (unpaired) electrons. The molecule has 3 unspecified atom stereocenters. The Labute approximate surface area is 116 Å². The molecule has 6 heteroatoms. The molecule has 102 valence electrons. The molecule has 1 fully saturated rings. The number of ether oxygens (including phenoxy) is 1. The van der Waals surface area contributed by atoms with Crippen molar-refractivity contribution in [1.29, 1.82) is 0 Å². The third kappa shape index (κ3) is 2.20. The first-order valence-corrected chi connectivity index (χ1v) is 7.41. The smallest absolute Gasteiger partial charge is 0.147 e. The lowest BCUT2D eigenvalue weighted by atomic mass is 9.83. The molecule has 0 bridgehead atoms. The molecule has 2 aromatic heterocycles. The van der Waals surface area contributed by atoms with E-state index in [0.717, 1.165) is 22.5 Å². The molecule has 1 aliphatic carbocycles. The molecule has 0 spiro atoms. The Balaban J connectivity index is 1.85. The number of hydrogen-bond donors (Lipinski definition) is 2. The molecular weight excluding hydrogens is 260 g/mol. The van der Waals surface area contributed by atoms with E-state index in [1.807, 2.05) is 6.92 Å². The lowest BCUT2D eigenvalue weighted by Gasteiger charge is -2.42. The largest absolute Gasteiger partial charge is 0.376 e. The second-order valence-corrected chi connectivity index (χ2v) is 5.76.